The third-order valence-electron chi connectivity index (χ3n) is 5.59. The predicted octanol–water partition coefficient (Wildman–Crippen LogP) is 2.81. The van der Waals surface area contributed by atoms with Gasteiger partial charge in [-0.05, 0) is 28.3 Å². The number of aliphatic carboxylic acids is 1. The van der Waals surface area contributed by atoms with Crippen molar-refractivity contribution in [3.63, 3.8) is 0 Å². The molecule has 0 saturated carbocycles. The van der Waals surface area contributed by atoms with E-state index in [2.05, 4.69) is 10.6 Å². The molecule has 0 saturated heterocycles. The number of ether oxygens (including phenoxy) is 1. The number of rotatable bonds is 12. The Balaban J connectivity index is 1.74. The maximum atomic E-state index is 13.1. The van der Waals surface area contributed by atoms with Crippen LogP contribution in [0, 0.1) is 0 Å². The van der Waals surface area contributed by atoms with Gasteiger partial charge in [-0.15, -0.1) is 0 Å². The number of nitrogens with one attached hydrogen (secondary N) is 2. The van der Waals surface area contributed by atoms with Gasteiger partial charge < -0.3 is 24.9 Å². The van der Waals surface area contributed by atoms with Gasteiger partial charge in [0.15, 0.2) is 0 Å². The normalized spacial score (nSPS) is 13.0. The monoisotopic (exact) mass is 512 g/mol. The van der Waals surface area contributed by atoms with E-state index in [1.165, 1.54) is 7.11 Å². The van der Waals surface area contributed by atoms with Crippen molar-refractivity contribution >= 4 is 19.5 Å². The van der Waals surface area contributed by atoms with Gasteiger partial charge in [0.05, 0.1) is 19.4 Å². The summed E-state index contributed by atoms with van der Waals surface area (Å²) in [6.45, 7) is 0. The van der Waals surface area contributed by atoms with Crippen molar-refractivity contribution in [3.05, 3.63) is 90.0 Å². The van der Waals surface area contributed by atoms with E-state index in [9.17, 15) is 29.0 Å². The van der Waals surface area contributed by atoms with Crippen LogP contribution in [0.1, 0.15) is 11.1 Å². The lowest BCUT2D eigenvalue weighted by Crippen LogP contribution is -2.52. The molecule has 3 aromatic rings. The van der Waals surface area contributed by atoms with Crippen LogP contribution in [-0.2, 0) is 27.0 Å². The molecule has 1 amide bonds. The van der Waals surface area contributed by atoms with E-state index in [-0.39, 0.29) is 12.8 Å². The highest BCUT2D eigenvalue weighted by Crippen LogP contribution is 2.32. The second kappa shape index (κ2) is 12.5. The molecular weight excluding hydrogens is 483 g/mol. The molecule has 0 radical (unpaired) electrons. The Morgan fingerprint density at radius 2 is 1.47 bits per heavy atom. The van der Waals surface area contributed by atoms with Gasteiger partial charge in [-0.25, -0.2) is 4.79 Å². The molecule has 0 unspecified atom stereocenters. The predicted molar refractivity (Wildman–Crippen MR) is 136 cm³/mol. The van der Waals surface area contributed by atoms with Crippen molar-refractivity contribution in [2.24, 2.45) is 0 Å². The quantitative estimate of drug-likeness (QED) is 0.233. The summed E-state index contributed by atoms with van der Waals surface area (Å²) in [7, 11) is -2.99. The number of benzene rings is 3. The molecule has 9 nitrogen and oxygen atoms in total. The highest BCUT2D eigenvalue weighted by Gasteiger charge is 2.28. The second-order valence-corrected chi connectivity index (χ2v) is 9.91. The topological polar surface area (TPSA) is 145 Å². The molecule has 36 heavy (non-hydrogen) atoms. The molecular formula is C26H29N2O7P. The first kappa shape index (κ1) is 27.1. The number of hydrogen-bond donors (Lipinski definition) is 5. The highest BCUT2D eigenvalue weighted by molar-refractivity contribution is 7.51. The van der Waals surface area contributed by atoms with Gasteiger partial charge in [0.1, 0.15) is 11.8 Å². The number of carboxylic acids is 1. The minimum atomic E-state index is -4.46. The van der Waals surface area contributed by atoms with Crippen LogP contribution >= 0.6 is 7.60 Å². The van der Waals surface area contributed by atoms with Crippen LogP contribution in [-0.4, -0.2) is 52.2 Å². The number of hydrogen-bond acceptors (Lipinski definition) is 5. The molecule has 3 rings (SSSR count). The van der Waals surface area contributed by atoms with Gasteiger partial charge in [0.2, 0.25) is 5.91 Å². The largest absolute Gasteiger partial charge is 0.496 e. The van der Waals surface area contributed by atoms with Crippen LogP contribution in [0.2, 0.25) is 0 Å². The van der Waals surface area contributed by atoms with Gasteiger partial charge >= 0.3 is 13.6 Å². The first-order chi connectivity index (χ1) is 17.2. The van der Waals surface area contributed by atoms with Crippen LogP contribution in [0.3, 0.4) is 0 Å². The fourth-order valence-corrected chi connectivity index (χ4v) is 4.21. The van der Waals surface area contributed by atoms with Crippen LogP contribution in [0.4, 0.5) is 0 Å². The van der Waals surface area contributed by atoms with Gasteiger partial charge in [-0.2, -0.15) is 0 Å². The number of para-hydroxylation sites is 1. The Bertz CT molecular complexity index is 1210. The lowest BCUT2D eigenvalue weighted by atomic mass is 10.00. The number of methoxy groups -OCH3 is 1. The van der Waals surface area contributed by atoms with Crippen molar-refractivity contribution in [2.75, 3.05) is 13.4 Å². The molecule has 0 heterocycles. The standard InChI is InChI=1S/C26H29N2O7P/c1-35-24-10-6-5-9-21(24)16-22(27-17-36(32,33)34)25(29)28-23(26(30)31)15-18-11-13-20(14-12-18)19-7-3-2-4-8-19/h2-14,22-23,27H,15-17H2,1H3,(H,28,29)(H,30,31)(H2,32,33,34)/t22-,23-/m0/s1. The van der Waals surface area contributed by atoms with Crippen LogP contribution in [0.25, 0.3) is 11.1 Å². The van der Waals surface area contributed by atoms with Gasteiger partial charge in [-0.3, -0.25) is 14.7 Å². The molecule has 0 aromatic heterocycles. The molecule has 0 spiro atoms. The number of carbonyl (C=O) groups is 2. The van der Waals surface area contributed by atoms with Crippen molar-refractivity contribution in [1.29, 1.82) is 0 Å². The molecule has 5 N–H and O–H groups in total. The average molecular weight is 512 g/mol. The Morgan fingerprint density at radius 1 is 0.861 bits per heavy atom. The molecule has 0 aliphatic heterocycles. The maximum absolute atomic E-state index is 13.1. The van der Waals surface area contributed by atoms with Crippen LogP contribution < -0.4 is 15.4 Å². The SMILES string of the molecule is COc1ccccc1C[C@H](NCP(=O)(O)O)C(=O)N[C@@H](Cc1ccc(-c2ccccc2)cc1)C(=O)O. The highest BCUT2D eigenvalue weighted by atomic mass is 31.2. The lowest BCUT2D eigenvalue weighted by Gasteiger charge is -2.22. The third-order valence-corrected chi connectivity index (χ3v) is 6.19. The molecule has 0 aliphatic rings. The number of carboxylic acid groups (broad SMARTS) is 1. The van der Waals surface area contributed by atoms with E-state index in [4.69, 9.17) is 4.74 Å². The van der Waals surface area contributed by atoms with E-state index >= 15 is 0 Å². The summed E-state index contributed by atoms with van der Waals surface area (Å²) >= 11 is 0. The number of amides is 1. The molecule has 0 aliphatic carbocycles. The number of carbonyl (C=O) groups excluding carboxylic acids is 1. The van der Waals surface area contributed by atoms with Crippen LogP contribution in [0.15, 0.2) is 78.9 Å². The first-order valence-corrected chi connectivity index (χ1v) is 13.0. The maximum Gasteiger partial charge on any atom is 0.339 e. The fourth-order valence-electron chi connectivity index (χ4n) is 3.75. The Morgan fingerprint density at radius 3 is 2.08 bits per heavy atom. The van der Waals surface area contributed by atoms with Crippen molar-refractivity contribution in [1.82, 2.24) is 10.6 Å². The summed E-state index contributed by atoms with van der Waals surface area (Å²) in [5, 5.41) is 14.8. The summed E-state index contributed by atoms with van der Waals surface area (Å²) in [5.41, 5.74) is 3.35. The van der Waals surface area contributed by atoms with E-state index in [1.807, 2.05) is 54.6 Å². The molecule has 2 atom stereocenters. The molecule has 0 fully saturated rings. The van der Waals surface area contributed by atoms with Gasteiger partial charge in [-0.1, -0.05) is 72.8 Å². The zero-order valence-electron chi connectivity index (χ0n) is 19.7. The second-order valence-electron chi connectivity index (χ2n) is 8.26. The smallest absolute Gasteiger partial charge is 0.339 e. The van der Waals surface area contributed by atoms with Crippen LogP contribution in [0.5, 0.6) is 5.75 Å². The minimum absolute atomic E-state index is 0.0357. The van der Waals surface area contributed by atoms with Crippen molar-refractivity contribution < 1.29 is 33.8 Å². The van der Waals surface area contributed by atoms with Crippen molar-refractivity contribution in [3.8, 4) is 16.9 Å². The summed E-state index contributed by atoms with van der Waals surface area (Å²) in [4.78, 5) is 43.6. The summed E-state index contributed by atoms with van der Waals surface area (Å²) in [6, 6.07) is 21.7. The lowest BCUT2D eigenvalue weighted by molar-refractivity contribution is -0.142. The summed E-state index contributed by atoms with van der Waals surface area (Å²) in [6.07, 6.45) is -0.664. The Labute approximate surface area is 209 Å². The Hall–Kier alpha value is -3.49. The fraction of sp³-hybridized carbons (Fsp3) is 0.231. The molecule has 3 aromatic carbocycles. The van der Waals surface area contributed by atoms with E-state index < -0.39 is 37.8 Å². The summed E-state index contributed by atoms with van der Waals surface area (Å²) < 4.78 is 16.7. The summed E-state index contributed by atoms with van der Waals surface area (Å²) in [5.74, 6) is -1.41. The minimum Gasteiger partial charge on any atom is -0.496 e. The zero-order valence-corrected chi connectivity index (χ0v) is 20.6. The molecule has 10 heteroatoms. The molecule has 190 valence electrons. The third kappa shape index (κ3) is 8.03. The van der Waals surface area contributed by atoms with E-state index in [0.717, 1.165) is 11.1 Å². The van der Waals surface area contributed by atoms with Gasteiger partial charge in [0.25, 0.3) is 0 Å². The average Bonchev–Trinajstić information content (AvgIpc) is 2.86. The van der Waals surface area contributed by atoms with Crippen molar-refractivity contribution in [2.45, 2.75) is 24.9 Å². The van der Waals surface area contributed by atoms with E-state index in [1.54, 1.807) is 24.3 Å². The molecule has 0 bridgehead atoms. The Kier molecular flexibility index (Phi) is 9.38. The zero-order chi connectivity index (χ0) is 26.1. The van der Waals surface area contributed by atoms with E-state index in [0.29, 0.717) is 16.9 Å². The van der Waals surface area contributed by atoms with Gasteiger partial charge in [0, 0.05) is 12.8 Å². The first-order valence-electron chi connectivity index (χ1n) is 11.2.